The van der Waals surface area contributed by atoms with Gasteiger partial charge in [-0.2, -0.15) is 230 Å². The van der Waals surface area contributed by atoms with E-state index in [-0.39, 0.29) is 0 Å². The van der Waals surface area contributed by atoms with Crippen molar-refractivity contribution in [2.75, 3.05) is 0 Å². The van der Waals surface area contributed by atoms with Crippen molar-refractivity contribution in [2.45, 2.75) is 182 Å². The highest BCUT2D eigenvalue weighted by molar-refractivity contribution is 14.1. The van der Waals surface area contributed by atoms with Crippen LogP contribution in [0.1, 0.15) is 45.6 Å². The molecule has 0 bridgehead atoms. The van der Waals surface area contributed by atoms with E-state index in [1.54, 1.807) is 55.4 Å². The van der Waals surface area contributed by atoms with E-state index >= 15 is 0 Å². The van der Waals surface area contributed by atoms with Crippen LogP contribution in [0.3, 0.4) is 0 Å². The first-order valence-corrected chi connectivity index (χ1v) is 31.7. The molecule has 0 aliphatic carbocycles. The summed E-state index contributed by atoms with van der Waals surface area (Å²) in [7, 11) is 0. The first-order valence-electron chi connectivity index (χ1n) is 23.1. The molecule has 0 saturated carbocycles. The van der Waals surface area contributed by atoms with Crippen molar-refractivity contribution in [1.29, 1.82) is 0 Å². The Morgan fingerprint density at radius 2 is 0.192 bits per heavy atom. The van der Waals surface area contributed by atoms with Crippen molar-refractivity contribution in [3.8, 4) is 0 Å². The Labute approximate surface area is 652 Å². The Kier molecular flexibility index (Phi) is 34.9. The van der Waals surface area contributed by atoms with Gasteiger partial charge in [-0.15, -0.1) is 0 Å². The minimum absolute atomic E-state index is 0.466. The van der Waals surface area contributed by atoms with Gasteiger partial charge in [-0.3, -0.25) is 0 Å². The van der Waals surface area contributed by atoms with Crippen LogP contribution >= 0.6 is 181 Å². The third kappa shape index (κ3) is 19.9. The van der Waals surface area contributed by atoms with Gasteiger partial charge in [0.15, 0.2) is 0 Å². The van der Waals surface area contributed by atoms with E-state index in [4.69, 9.17) is 0 Å². The summed E-state index contributed by atoms with van der Waals surface area (Å²) in [5.41, 5.74) is 3.73. The molecule has 0 saturated heterocycles. The fourth-order valence-corrected chi connectivity index (χ4v) is 7.89. The van der Waals surface area contributed by atoms with Crippen molar-refractivity contribution >= 4 is 181 Å². The standard InChI is InChI=1S/2C8H12N2O2.4C6F12I2/c2*1-5-6(2)10(12)8(4)7(3)9(5)11;4*7-1(8,3(11,12)5(15,16)19)2(9,10)4(13,14)6(17,18)20/h2*1-4H3;;;;. The molecule has 0 aliphatic rings. The minimum atomic E-state index is -7.44. The van der Waals surface area contributed by atoms with E-state index in [2.05, 4.69) is 0 Å². The van der Waals surface area contributed by atoms with Gasteiger partial charge in [0.05, 0.1) is 0 Å². The van der Waals surface area contributed by atoms with Crippen molar-refractivity contribution in [3.05, 3.63) is 66.4 Å². The lowest BCUT2D eigenvalue weighted by atomic mass is 9.99. The van der Waals surface area contributed by atoms with E-state index in [0.717, 1.165) is 18.9 Å². The molecule has 2 aromatic heterocycles. The third-order valence-corrected chi connectivity index (χ3v) is 17.5. The van der Waals surface area contributed by atoms with Gasteiger partial charge in [-0.05, 0) is 0 Å². The van der Waals surface area contributed by atoms with Crippen LogP contribution in [0, 0.1) is 76.2 Å². The maximum Gasteiger partial charge on any atom is 0.387 e. The third-order valence-electron chi connectivity index (χ3n) is 12.1. The molecule has 0 aromatic carbocycles. The lowest BCUT2D eigenvalue weighted by molar-refractivity contribution is -0.682. The number of aromatic nitrogens is 4. The zero-order chi connectivity index (χ0) is 86.9. The zero-order valence-corrected chi connectivity index (χ0v) is 65.8. The highest BCUT2D eigenvalue weighted by atomic mass is 127. The number of hydrogen-bond acceptors (Lipinski definition) is 4. The molecule has 2 heterocycles. The Bertz CT molecular complexity index is 2550. The minimum Gasteiger partial charge on any atom is -0.618 e. The van der Waals surface area contributed by atoms with Crippen molar-refractivity contribution < 1.29 is 230 Å². The molecule has 620 valence electrons. The van der Waals surface area contributed by atoms with E-state index < -0.39 is 307 Å². The van der Waals surface area contributed by atoms with Crippen LogP contribution in [-0.2, 0) is 0 Å². The lowest BCUT2D eigenvalue weighted by Gasteiger charge is -2.39. The second-order valence-electron chi connectivity index (χ2n) is 19.0. The lowest BCUT2D eigenvalue weighted by Crippen LogP contribution is -2.68. The van der Waals surface area contributed by atoms with Gasteiger partial charge in [0.1, 0.15) is 0 Å². The van der Waals surface area contributed by atoms with Crippen LogP contribution in [0.25, 0.3) is 0 Å². The largest absolute Gasteiger partial charge is 0.618 e. The van der Waals surface area contributed by atoms with Gasteiger partial charge in [-0.25, -0.2) is 0 Å². The molecule has 0 unspecified atom stereocenters. The second-order valence-corrected chi connectivity index (χ2v) is 29.9. The normalized spacial score (nSPS) is 15.1. The highest BCUT2D eigenvalue weighted by Crippen LogP contribution is 2.67. The number of alkyl halides is 56. The molecule has 2 aromatic rings. The van der Waals surface area contributed by atoms with E-state index in [0.29, 0.717) is 45.6 Å². The van der Waals surface area contributed by atoms with Crippen LogP contribution in [0.4, 0.5) is 211 Å². The van der Waals surface area contributed by atoms with Crippen LogP contribution in [0.15, 0.2) is 0 Å². The molecular weight excluding hydrogens is 2530 g/mol. The van der Waals surface area contributed by atoms with Crippen molar-refractivity contribution in [1.82, 2.24) is 0 Å². The maximum absolute atomic E-state index is 12.7. The number of hydrogen-bond donors (Lipinski definition) is 0. The topological polar surface area (TPSA) is 108 Å². The van der Waals surface area contributed by atoms with E-state index in [1.807, 2.05) is 0 Å². The summed E-state index contributed by atoms with van der Waals surface area (Å²) in [6.45, 7) is 13.1. The molecule has 2 rings (SSSR count). The maximum atomic E-state index is 12.7. The molecule has 0 radical (unpaired) electrons. The van der Waals surface area contributed by atoms with Crippen molar-refractivity contribution in [2.24, 2.45) is 0 Å². The number of halogens is 56. The summed E-state index contributed by atoms with van der Waals surface area (Å²) in [5.74, 6) is -116. The molecule has 0 amide bonds. The number of rotatable bonds is 20. The van der Waals surface area contributed by atoms with E-state index in [1.165, 1.54) is 0 Å². The summed E-state index contributed by atoms with van der Waals surface area (Å²) in [5, 5.41) is 45.3. The first-order chi connectivity index (χ1) is 43.9. The number of nitrogens with zero attached hydrogens (tertiary/aromatic N) is 4. The molecular formula is C40H24F48I8N4O4. The van der Waals surface area contributed by atoms with Crippen LogP contribution in [-0.4, -0.2) is 126 Å². The van der Waals surface area contributed by atoms with E-state index in [9.17, 15) is 232 Å². The fraction of sp³-hybridized carbons (Fsp3) is 0.800. The molecule has 0 fully saturated rings. The highest BCUT2D eigenvalue weighted by Gasteiger charge is 2.94. The average Bonchev–Trinajstić information content (AvgIpc) is 0.732. The summed E-state index contributed by atoms with van der Waals surface area (Å²) >= 11 is -5.58. The molecule has 64 heteroatoms. The molecule has 0 aliphatic heterocycles. The van der Waals surface area contributed by atoms with Gasteiger partial charge in [0.25, 0.3) is 45.6 Å². The Morgan fingerprint density at radius 3 is 0.231 bits per heavy atom. The predicted molar refractivity (Wildman–Crippen MR) is 318 cm³/mol. The van der Waals surface area contributed by atoms with Crippen molar-refractivity contribution in [3.63, 3.8) is 0 Å². The Balaban J connectivity index is -0.000000583. The van der Waals surface area contributed by atoms with Crippen LogP contribution < -0.4 is 18.9 Å². The summed E-state index contributed by atoms with van der Waals surface area (Å²) in [6.07, 6.45) is 0. The average molecular weight is 2550 g/mol. The fourth-order valence-electron chi connectivity index (χ4n) is 5.18. The quantitative estimate of drug-likeness (QED) is 0.0433. The molecule has 0 N–H and O–H groups in total. The summed E-state index contributed by atoms with van der Waals surface area (Å²) in [4.78, 5) is 0. The van der Waals surface area contributed by atoms with Gasteiger partial charge in [0.2, 0.25) is 0 Å². The van der Waals surface area contributed by atoms with Gasteiger partial charge in [0, 0.05) is 236 Å². The molecule has 104 heavy (non-hydrogen) atoms. The summed E-state index contributed by atoms with van der Waals surface area (Å²) < 4.78 is 555. The Hall–Kier alpha value is -0.160. The predicted octanol–water partition coefficient (Wildman–Crippen LogP) is 22.7. The first kappa shape index (κ1) is 110. The molecule has 0 atom stereocenters. The SMILES string of the molecule is Cc1c(C)[n+]([O-])c(C)c(C)[n+]1[O-].Cc1c(C)[n+]([O-])c(C)c(C)[n+]1[O-].FC(F)(I)C(F)(F)C(F)(F)C(F)(F)C(F)(F)C(F)(F)I.FC(F)(I)C(F)(F)C(F)(F)C(F)(F)C(F)(F)C(F)(F)I.FC(F)(I)C(F)(F)C(F)(F)C(F)(F)C(F)(F)C(F)(F)I.FC(F)(I)C(F)(F)C(F)(F)C(F)(F)C(F)(F)C(F)(F)I. The van der Waals surface area contributed by atoms with Gasteiger partial charge >= 0.3 is 126 Å². The second kappa shape index (κ2) is 33.0. The monoisotopic (exact) mass is 2550 g/mol. The van der Waals surface area contributed by atoms with Gasteiger partial charge < -0.3 is 20.8 Å². The summed E-state index contributed by atoms with van der Waals surface area (Å²) in [6, 6.07) is 0. The molecule has 0 spiro atoms. The van der Waals surface area contributed by atoms with Crippen LogP contribution in [0.2, 0.25) is 0 Å². The van der Waals surface area contributed by atoms with Crippen LogP contribution in [0.5, 0.6) is 0 Å². The smallest absolute Gasteiger partial charge is 0.387 e. The zero-order valence-electron chi connectivity index (χ0n) is 48.6. The van der Waals surface area contributed by atoms with Gasteiger partial charge in [-0.1, -0.05) is 0 Å². The molecule has 8 nitrogen and oxygen atoms in total. The Morgan fingerprint density at radius 1 is 0.144 bits per heavy atom.